The average Bonchev–Trinajstić information content (AvgIpc) is 2.28. The molecule has 7 heteroatoms. The molecule has 0 fully saturated rings. The maximum atomic E-state index is 13.3. The molecule has 1 aromatic heterocycles. The molecule has 1 aromatic carbocycles. The van der Waals surface area contributed by atoms with Crippen LogP contribution in [-0.2, 0) is 0 Å². The van der Waals surface area contributed by atoms with Crippen LogP contribution in [0.4, 0.5) is 14.6 Å². The maximum Gasteiger partial charge on any atom is 0.346 e. The van der Waals surface area contributed by atoms with E-state index in [1.54, 1.807) is 0 Å². The van der Waals surface area contributed by atoms with Crippen LogP contribution in [-0.4, -0.2) is 15.9 Å². The molecule has 5 nitrogen and oxygen atoms in total. The second-order valence-corrected chi connectivity index (χ2v) is 3.37. The summed E-state index contributed by atoms with van der Waals surface area (Å²) in [6.45, 7) is 0. The van der Waals surface area contributed by atoms with Crippen LogP contribution < -0.4 is 11.0 Å². The fraction of sp³-hybridized carbons (Fsp3) is 0. The van der Waals surface area contributed by atoms with Crippen LogP contribution in [0.3, 0.4) is 0 Å². The van der Waals surface area contributed by atoms with E-state index in [0.29, 0.717) is 6.07 Å². The summed E-state index contributed by atoms with van der Waals surface area (Å²) in [5, 5.41) is 2.26. The molecule has 0 spiro atoms. The van der Waals surface area contributed by atoms with E-state index in [1.807, 2.05) is 0 Å². The Balaban J connectivity index is 2.25. The largest absolute Gasteiger partial charge is 0.346 e. The number of carbonyl (C=O) groups excluding carboxylic acids is 1. The Bertz CT molecular complexity index is 655. The van der Waals surface area contributed by atoms with Crippen molar-refractivity contribution in [2.45, 2.75) is 0 Å². The fourth-order valence-electron chi connectivity index (χ4n) is 1.30. The van der Waals surface area contributed by atoms with Crippen molar-refractivity contribution in [3.8, 4) is 0 Å². The van der Waals surface area contributed by atoms with Gasteiger partial charge in [-0.2, -0.15) is 0 Å². The third kappa shape index (κ3) is 2.57. The van der Waals surface area contributed by atoms with Gasteiger partial charge >= 0.3 is 5.69 Å². The molecule has 2 N–H and O–H groups in total. The molecule has 2 aromatic rings. The number of halogens is 2. The minimum absolute atomic E-state index is 0.0729. The first kappa shape index (κ1) is 11.9. The van der Waals surface area contributed by atoms with Crippen molar-refractivity contribution in [1.82, 2.24) is 9.97 Å². The average molecular weight is 251 g/mol. The Kier molecular flexibility index (Phi) is 3.13. The molecule has 1 amide bonds. The molecule has 0 radical (unpaired) electrons. The molecule has 0 saturated heterocycles. The van der Waals surface area contributed by atoms with Crippen LogP contribution in [0.2, 0.25) is 0 Å². The predicted molar refractivity (Wildman–Crippen MR) is 59.2 cm³/mol. The molecule has 0 saturated carbocycles. The van der Waals surface area contributed by atoms with Crippen LogP contribution >= 0.6 is 0 Å². The summed E-state index contributed by atoms with van der Waals surface area (Å²) < 4.78 is 26.0. The summed E-state index contributed by atoms with van der Waals surface area (Å²) in [7, 11) is 0. The van der Waals surface area contributed by atoms with E-state index in [4.69, 9.17) is 0 Å². The quantitative estimate of drug-likeness (QED) is 0.844. The number of carbonyl (C=O) groups is 1. The van der Waals surface area contributed by atoms with E-state index < -0.39 is 23.2 Å². The molecule has 0 unspecified atom stereocenters. The number of H-pyrrole nitrogens is 1. The van der Waals surface area contributed by atoms with Crippen LogP contribution in [0.15, 0.2) is 35.3 Å². The number of rotatable bonds is 2. The van der Waals surface area contributed by atoms with Crippen molar-refractivity contribution < 1.29 is 13.6 Å². The predicted octanol–water partition coefficient (Wildman–Crippen LogP) is 1.30. The van der Waals surface area contributed by atoms with Crippen molar-refractivity contribution in [2.75, 3.05) is 5.32 Å². The van der Waals surface area contributed by atoms with Gasteiger partial charge in [-0.3, -0.25) is 9.78 Å². The van der Waals surface area contributed by atoms with E-state index >= 15 is 0 Å². The first-order valence-electron chi connectivity index (χ1n) is 4.88. The van der Waals surface area contributed by atoms with Gasteiger partial charge in [-0.1, -0.05) is 0 Å². The minimum Gasteiger partial charge on any atom is -0.308 e. The van der Waals surface area contributed by atoms with Crippen molar-refractivity contribution in [1.29, 1.82) is 0 Å². The molecule has 18 heavy (non-hydrogen) atoms. The summed E-state index contributed by atoms with van der Waals surface area (Å²) in [5.74, 6) is -2.48. The first-order chi connectivity index (χ1) is 8.56. The van der Waals surface area contributed by atoms with E-state index in [0.717, 1.165) is 12.1 Å². The standard InChI is InChI=1S/C11H7F2N3O2/c12-6-1-2-7(8(13)5-6)10(17)15-9-3-4-14-11(18)16-9/h1-5H,(H2,14,15,16,17,18). The SMILES string of the molecule is O=C(Nc1ccnc(=O)[nH]1)c1ccc(F)cc1F. The third-order valence-electron chi connectivity index (χ3n) is 2.10. The number of amides is 1. The van der Waals surface area contributed by atoms with Crippen LogP contribution in [0.1, 0.15) is 10.4 Å². The Morgan fingerprint density at radius 1 is 1.28 bits per heavy atom. The lowest BCUT2D eigenvalue weighted by Gasteiger charge is -2.05. The minimum atomic E-state index is -0.982. The van der Waals surface area contributed by atoms with Gasteiger partial charge in [-0.25, -0.2) is 18.6 Å². The van der Waals surface area contributed by atoms with Gasteiger partial charge < -0.3 is 5.32 Å². The van der Waals surface area contributed by atoms with Gasteiger partial charge in [0.1, 0.15) is 17.5 Å². The second kappa shape index (κ2) is 4.74. The highest BCUT2D eigenvalue weighted by molar-refractivity contribution is 6.03. The van der Waals surface area contributed by atoms with Crippen molar-refractivity contribution >= 4 is 11.7 Å². The number of benzene rings is 1. The summed E-state index contributed by atoms with van der Waals surface area (Å²) in [4.78, 5) is 28.1. The number of hydrogen-bond donors (Lipinski definition) is 2. The van der Waals surface area contributed by atoms with Gasteiger partial charge in [0.2, 0.25) is 0 Å². The normalized spacial score (nSPS) is 10.1. The zero-order chi connectivity index (χ0) is 13.1. The van der Waals surface area contributed by atoms with Gasteiger partial charge in [-0.15, -0.1) is 0 Å². The Morgan fingerprint density at radius 3 is 2.72 bits per heavy atom. The number of aromatic amines is 1. The molecule has 0 atom stereocenters. The number of hydrogen-bond acceptors (Lipinski definition) is 3. The zero-order valence-electron chi connectivity index (χ0n) is 8.91. The first-order valence-corrected chi connectivity index (χ1v) is 4.88. The summed E-state index contributed by atoms with van der Waals surface area (Å²) in [5.41, 5.74) is -0.971. The smallest absolute Gasteiger partial charge is 0.308 e. The van der Waals surface area contributed by atoms with E-state index in [1.165, 1.54) is 12.3 Å². The second-order valence-electron chi connectivity index (χ2n) is 3.37. The van der Waals surface area contributed by atoms with Crippen molar-refractivity contribution in [2.24, 2.45) is 0 Å². The molecular formula is C11H7F2N3O2. The van der Waals surface area contributed by atoms with E-state index in [9.17, 15) is 18.4 Å². The highest BCUT2D eigenvalue weighted by atomic mass is 19.1. The van der Waals surface area contributed by atoms with Gasteiger partial charge in [-0.05, 0) is 18.2 Å². The number of aromatic nitrogens is 2. The molecule has 0 aliphatic heterocycles. The lowest BCUT2D eigenvalue weighted by molar-refractivity contribution is 0.102. The summed E-state index contributed by atoms with van der Waals surface area (Å²) in [6.07, 6.45) is 1.19. The highest BCUT2D eigenvalue weighted by Crippen LogP contribution is 2.11. The summed E-state index contributed by atoms with van der Waals surface area (Å²) in [6, 6.07) is 3.91. The third-order valence-corrected chi connectivity index (χ3v) is 2.10. The van der Waals surface area contributed by atoms with Gasteiger partial charge in [0, 0.05) is 12.3 Å². The van der Waals surface area contributed by atoms with Crippen LogP contribution in [0, 0.1) is 11.6 Å². The number of nitrogens with one attached hydrogen (secondary N) is 2. The van der Waals surface area contributed by atoms with Crippen molar-refractivity contribution in [3.63, 3.8) is 0 Å². The van der Waals surface area contributed by atoms with Gasteiger partial charge in [0.25, 0.3) is 5.91 Å². The highest BCUT2D eigenvalue weighted by Gasteiger charge is 2.12. The molecule has 0 aliphatic rings. The van der Waals surface area contributed by atoms with Crippen LogP contribution in [0.25, 0.3) is 0 Å². The monoisotopic (exact) mass is 251 g/mol. The van der Waals surface area contributed by atoms with Crippen molar-refractivity contribution in [3.05, 3.63) is 58.1 Å². The fourth-order valence-corrected chi connectivity index (χ4v) is 1.30. The molecule has 92 valence electrons. The molecule has 2 rings (SSSR count). The lowest BCUT2D eigenvalue weighted by atomic mass is 10.2. The number of anilines is 1. The Hall–Kier alpha value is -2.57. The van der Waals surface area contributed by atoms with E-state index in [-0.39, 0.29) is 11.4 Å². The van der Waals surface area contributed by atoms with Gasteiger partial charge in [0.05, 0.1) is 5.56 Å². The Morgan fingerprint density at radius 2 is 2.06 bits per heavy atom. The molecular weight excluding hydrogens is 244 g/mol. The Labute approximate surface area is 99.5 Å². The van der Waals surface area contributed by atoms with E-state index in [2.05, 4.69) is 15.3 Å². The lowest BCUT2D eigenvalue weighted by Crippen LogP contribution is -2.18. The summed E-state index contributed by atoms with van der Waals surface area (Å²) >= 11 is 0. The topological polar surface area (TPSA) is 74.8 Å². The van der Waals surface area contributed by atoms with Crippen LogP contribution in [0.5, 0.6) is 0 Å². The molecule has 1 heterocycles. The molecule has 0 bridgehead atoms. The maximum absolute atomic E-state index is 13.3. The molecule has 0 aliphatic carbocycles. The van der Waals surface area contributed by atoms with Gasteiger partial charge in [0.15, 0.2) is 0 Å². The number of nitrogens with zero attached hydrogens (tertiary/aromatic N) is 1. The zero-order valence-corrected chi connectivity index (χ0v) is 8.91.